The summed E-state index contributed by atoms with van der Waals surface area (Å²) in [6, 6.07) is 12.2. The third-order valence-corrected chi connectivity index (χ3v) is 3.80. The maximum atomic E-state index is 13.2. The highest BCUT2D eigenvalue weighted by Crippen LogP contribution is 2.26. The molecule has 1 amide bonds. The van der Waals surface area contributed by atoms with Gasteiger partial charge in [0.05, 0.1) is 0 Å². The minimum atomic E-state index is -0.243. The Kier molecular flexibility index (Phi) is 3.71. The molecule has 0 saturated heterocycles. The van der Waals surface area contributed by atoms with Crippen LogP contribution in [0.15, 0.2) is 42.5 Å². The second-order valence-corrected chi connectivity index (χ2v) is 5.41. The number of halogens is 1. The first-order valence-electron chi connectivity index (χ1n) is 7.04. The molecule has 1 unspecified atom stereocenters. The van der Waals surface area contributed by atoms with Crippen molar-refractivity contribution in [2.75, 3.05) is 5.32 Å². The molecule has 1 aliphatic heterocycles. The average molecular weight is 284 g/mol. The van der Waals surface area contributed by atoms with E-state index in [0.717, 1.165) is 28.8 Å². The van der Waals surface area contributed by atoms with Gasteiger partial charge in [0.25, 0.3) is 0 Å². The first-order chi connectivity index (χ1) is 10.1. The van der Waals surface area contributed by atoms with Gasteiger partial charge in [0.15, 0.2) is 0 Å². The topological polar surface area (TPSA) is 55.1 Å². The number of amides is 1. The van der Waals surface area contributed by atoms with E-state index in [-0.39, 0.29) is 17.8 Å². The lowest BCUT2D eigenvalue weighted by atomic mass is 9.94. The number of anilines is 1. The standard InChI is InChI=1S/C17H17FN2O/c18-14-3-1-2-11(8-14)9-15(19)12-4-6-16-13(10-12)5-7-17(21)20-16/h1-4,6,8,10,15H,5,7,9,19H2,(H,20,21). The van der Waals surface area contributed by atoms with E-state index in [2.05, 4.69) is 5.32 Å². The molecule has 2 aromatic rings. The van der Waals surface area contributed by atoms with Gasteiger partial charge in [-0.1, -0.05) is 24.3 Å². The Morgan fingerprint density at radius 2 is 2.05 bits per heavy atom. The van der Waals surface area contributed by atoms with Crippen molar-refractivity contribution in [1.29, 1.82) is 0 Å². The second kappa shape index (κ2) is 5.66. The molecule has 3 rings (SSSR count). The van der Waals surface area contributed by atoms with Gasteiger partial charge in [0.2, 0.25) is 5.91 Å². The molecule has 0 aromatic heterocycles. The molecule has 0 radical (unpaired) electrons. The zero-order chi connectivity index (χ0) is 14.8. The Morgan fingerprint density at radius 3 is 2.86 bits per heavy atom. The highest BCUT2D eigenvalue weighted by Gasteiger charge is 2.16. The zero-order valence-corrected chi connectivity index (χ0v) is 11.6. The van der Waals surface area contributed by atoms with E-state index in [1.165, 1.54) is 12.1 Å². The molecule has 0 bridgehead atoms. The van der Waals surface area contributed by atoms with Crippen molar-refractivity contribution in [2.45, 2.75) is 25.3 Å². The van der Waals surface area contributed by atoms with E-state index < -0.39 is 0 Å². The number of fused-ring (bicyclic) bond motifs is 1. The van der Waals surface area contributed by atoms with E-state index in [4.69, 9.17) is 5.73 Å². The van der Waals surface area contributed by atoms with Crippen LogP contribution in [0.25, 0.3) is 0 Å². The molecule has 0 spiro atoms. The number of carbonyl (C=O) groups excluding carboxylic acids is 1. The Labute approximate surface area is 123 Å². The quantitative estimate of drug-likeness (QED) is 0.910. The van der Waals surface area contributed by atoms with Crippen molar-refractivity contribution >= 4 is 11.6 Å². The van der Waals surface area contributed by atoms with Gasteiger partial charge >= 0.3 is 0 Å². The Balaban J connectivity index is 1.79. The average Bonchev–Trinajstić information content (AvgIpc) is 2.46. The lowest BCUT2D eigenvalue weighted by Gasteiger charge is -2.20. The summed E-state index contributed by atoms with van der Waals surface area (Å²) in [5.74, 6) is -0.188. The molecule has 21 heavy (non-hydrogen) atoms. The molecule has 0 aliphatic carbocycles. The van der Waals surface area contributed by atoms with Gasteiger partial charge in [0.1, 0.15) is 5.82 Å². The Morgan fingerprint density at radius 1 is 1.19 bits per heavy atom. The van der Waals surface area contributed by atoms with Crippen LogP contribution in [0.3, 0.4) is 0 Å². The van der Waals surface area contributed by atoms with Crippen LogP contribution >= 0.6 is 0 Å². The van der Waals surface area contributed by atoms with Crippen LogP contribution in [0.4, 0.5) is 10.1 Å². The maximum Gasteiger partial charge on any atom is 0.224 e. The van der Waals surface area contributed by atoms with E-state index in [0.29, 0.717) is 12.8 Å². The van der Waals surface area contributed by atoms with Gasteiger partial charge in [-0.25, -0.2) is 4.39 Å². The predicted octanol–water partition coefficient (Wildman–Crippen LogP) is 2.95. The minimum absolute atomic E-state index is 0.0549. The molecular weight excluding hydrogens is 267 g/mol. The molecule has 1 aliphatic rings. The number of aryl methyl sites for hydroxylation is 1. The summed E-state index contributed by atoms with van der Waals surface area (Å²) in [5, 5.41) is 2.85. The third-order valence-electron chi connectivity index (χ3n) is 3.80. The number of hydrogen-bond donors (Lipinski definition) is 2. The summed E-state index contributed by atoms with van der Waals surface area (Å²) in [7, 11) is 0. The molecule has 3 nitrogen and oxygen atoms in total. The molecule has 0 saturated carbocycles. The summed E-state index contributed by atoms with van der Waals surface area (Å²) < 4.78 is 13.2. The van der Waals surface area contributed by atoms with Crippen LogP contribution in [0.5, 0.6) is 0 Å². The van der Waals surface area contributed by atoms with Gasteiger partial charge in [-0.3, -0.25) is 4.79 Å². The number of benzene rings is 2. The van der Waals surface area contributed by atoms with Crippen LogP contribution in [0.2, 0.25) is 0 Å². The van der Waals surface area contributed by atoms with Crippen molar-refractivity contribution in [2.24, 2.45) is 5.73 Å². The molecule has 108 valence electrons. The van der Waals surface area contributed by atoms with Gasteiger partial charge in [-0.2, -0.15) is 0 Å². The van der Waals surface area contributed by atoms with E-state index >= 15 is 0 Å². The van der Waals surface area contributed by atoms with Crippen LogP contribution in [0.1, 0.15) is 29.2 Å². The van der Waals surface area contributed by atoms with Gasteiger partial charge in [-0.15, -0.1) is 0 Å². The molecule has 4 heteroatoms. The van der Waals surface area contributed by atoms with Crippen LogP contribution in [-0.2, 0) is 17.6 Å². The van der Waals surface area contributed by atoms with Crippen molar-refractivity contribution in [3.63, 3.8) is 0 Å². The van der Waals surface area contributed by atoms with Crippen molar-refractivity contribution in [1.82, 2.24) is 0 Å². The second-order valence-electron chi connectivity index (χ2n) is 5.41. The highest BCUT2D eigenvalue weighted by molar-refractivity contribution is 5.93. The minimum Gasteiger partial charge on any atom is -0.326 e. The van der Waals surface area contributed by atoms with Crippen LogP contribution in [0, 0.1) is 5.82 Å². The number of hydrogen-bond acceptors (Lipinski definition) is 2. The Hall–Kier alpha value is -2.20. The number of nitrogens with two attached hydrogens (primary N) is 1. The SMILES string of the molecule is NC(Cc1cccc(F)c1)c1ccc2c(c1)CCC(=O)N2. The molecular formula is C17H17FN2O. The number of nitrogens with one attached hydrogen (secondary N) is 1. The smallest absolute Gasteiger partial charge is 0.224 e. The molecule has 1 heterocycles. The fraction of sp³-hybridized carbons (Fsp3) is 0.235. The summed E-state index contributed by atoms with van der Waals surface area (Å²) in [6.07, 6.45) is 1.83. The molecule has 0 fully saturated rings. The molecule has 3 N–H and O–H groups in total. The Bertz CT molecular complexity index is 684. The maximum absolute atomic E-state index is 13.2. The third kappa shape index (κ3) is 3.11. The first kappa shape index (κ1) is 13.8. The van der Waals surface area contributed by atoms with Gasteiger partial charge < -0.3 is 11.1 Å². The first-order valence-corrected chi connectivity index (χ1v) is 7.04. The highest BCUT2D eigenvalue weighted by atomic mass is 19.1. The number of rotatable bonds is 3. The summed E-state index contributed by atoms with van der Waals surface area (Å²) in [5.41, 5.74) is 10.1. The summed E-state index contributed by atoms with van der Waals surface area (Å²) in [6.45, 7) is 0. The fourth-order valence-corrected chi connectivity index (χ4v) is 2.67. The normalized spacial score (nSPS) is 15.2. The lowest BCUT2D eigenvalue weighted by molar-refractivity contribution is -0.116. The van der Waals surface area contributed by atoms with Crippen molar-refractivity contribution in [3.05, 3.63) is 65.0 Å². The summed E-state index contributed by atoms with van der Waals surface area (Å²) in [4.78, 5) is 11.3. The van der Waals surface area contributed by atoms with E-state index in [1.807, 2.05) is 24.3 Å². The molecule has 1 atom stereocenters. The van der Waals surface area contributed by atoms with Gasteiger partial charge in [0, 0.05) is 18.2 Å². The van der Waals surface area contributed by atoms with Gasteiger partial charge in [-0.05, 0) is 47.7 Å². The largest absolute Gasteiger partial charge is 0.326 e. The number of carbonyl (C=O) groups is 1. The molecule has 2 aromatic carbocycles. The lowest BCUT2D eigenvalue weighted by Crippen LogP contribution is -2.20. The van der Waals surface area contributed by atoms with E-state index in [1.54, 1.807) is 6.07 Å². The predicted molar refractivity (Wildman–Crippen MR) is 80.4 cm³/mol. The van der Waals surface area contributed by atoms with Crippen molar-refractivity contribution in [3.8, 4) is 0 Å². The fourth-order valence-electron chi connectivity index (χ4n) is 2.67. The van der Waals surface area contributed by atoms with E-state index in [9.17, 15) is 9.18 Å². The van der Waals surface area contributed by atoms with Crippen molar-refractivity contribution < 1.29 is 9.18 Å². The summed E-state index contributed by atoms with van der Waals surface area (Å²) >= 11 is 0. The zero-order valence-electron chi connectivity index (χ0n) is 11.6. The monoisotopic (exact) mass is 284 g/mol. The van der Waals surface area contributed by atoms with Crippen LogP contribution in [-0.4, -0.2) is 5.91 Å². The van der Waals surface area contributed by atoms with Crippen LogP contribution < -0.4 is 11.1 Å².